The average Bonchev–Trinajstić information content (AvgIpc) is 2.91. The zero-order valence-electron chi connectivity index (χ0n) is 10.1. The second kappa shape index (κ2) is 4.97. The van der Waals surface area contributed by atoms with Crippen molar-refractivity contribution >= 4 is 15.9 Å². The number of halogens is 1. The first kappa shape index (κ1) is 12.7. The standard InChI is InChI=1S/C14H9BrN2O3/c15-11-4-2-1-3-9(11)13-16-14(20-17-13)10-7-8(18)5-6-12(10)19/h1-7,18-19H. The Kier molecular flexibility index (Phi) is 3.15. The molecular formula is C14H9BrN2O3. The number of nitrogens with zero attached hydrogens (tertiary/aromatic N) is 2. The Hall–Kier alpha value is -2.34. The number of aromatic nitrogens is 2. The van der Waals surface area contributed by atoms with Crippen molar-refractivity contribution in [3.05, 3.63) is 46.9 Å². The molecule has 0 bridgehead atoms. The quantitative estimate of drug-likeness (QED) is 0.701. The molecule has 1 aromatic heterocycles. The summed E-state index contributed by atoms with van der Waals surface area (Å²) in [6.07, 6.45) is 0. The van der Waals surface area contributed by atoms with Gasteiger partial charge in [0.05, 0.1) is 5.56 Å². The van der Waals surface area contributed by atoms with E-state index in [-0.39, 0.29) is 23.0 Å². The summed E-state index contributed by atoms with van der Waals surface area (Å²) in [6, 6.07) is 11.6. The summed E-state index contributed by atoms with van der Waals surface area (Å²) in [6.45, 7) is 0. The third kappa shape index (κ3) is 2.25. The Bertz CT molecular complexity index is 771. The predicted octanol–water partition coefficient (Wildman–Crippen LogP) is 3.58. The van der Waals surface area contributed by atoms with Crippen molar-refractivity contribution in [1.82, 2.24) is 10.1 Å². The minimum atomic E-state index is -0.0369. The highest BCUT2D eigenvalue weighted by molar-refractivity contribution is 9.10. The third-order valence-electron chi connectivity index (χ3n) is 2.75. The fourth-order valence-electron chi connectivity index (χ4n) is 1.78. The molecule has 0 spiro atoms. The molecule has 2 aromatic carbocycles. The number of hydrogen-bond donors (Lipinski definition) is 2. The molecule has 0 aliphatic heterocycles. The molecule has 0 amide bonds. The molecule has 20 heavy (non-hydrogen) atoms. The minimum absolute atomic E-state index is 0.0124. The number of rotatable bonds is 2. The predicted molar refractivity (Wildman–Crippen MR) is 76.2 cm³/mol. The molecule has 0 saturated heterocycles. The van der Waals surface area contributed by atoms with Crippen molar-refractivity contribution in [3.8, 4) is 34.3 Å². The first-order chi connectivity index (χ1) is 9.65. The normalized spacial score (nSPS) is 10.7. The fraction of sp³-hybridized carbons (Fsp3) is 0. The summed E-state index contributed by atoms with van der Waals surface area (Å²) >= 11 is 3.41. The molecule has 6 heteroatoms. The summed E-state index contributed by atoms with van der Waals surface area (Å²) < 4.78 is 5.98. The van der Waals surface area contributed by atoms with Crippen molar-refractivity contribution < 1.29 is 14.7 Å². The van der Waals surface area contributed by atoms with Crippen LogP contribution in [0.2, 0.25) is 0 Å². The Labute approximate surface area is 122 Å². The maximum Gasteiger partial charge on any atom is 0.262 e. The van der Waals surface area contributed by atoms with E-state index < -0.39 is 0 Å². The van der Waals surface area contributed by atoms with E-state index in [9.17, 15) is 10.2 Å². The van der Waals surface area contributed by atoms with E-state index in [4.69, 9.17) is 4.52 Å². The van der Waals surface area contributed by atoms with Gasteiger partial charge in [-0.25, -0.2) is 0 Å². The number of hydrogen-bond acceptors (Lipinski definition) is 5. The summed E-state index contributed by atoms with van der Waals surface area (Å²) in [4.78, 5) is 4.23. The van der Waals surface area contributed by atoms with E-state index in [1.165, 1.54) is 18.2 Å². The highest BCUT2D eigenvalue weighted by Crippen LogP contribution is 2.33. The molecule has 100 valence electrons. The lowest BCUT2D eigenvalue weighted by molar-refractivity contribution is 0.423. The second-order valence-corrected chi connectivity index (χ2v) is 4.96. The van der Waals surface area contributed by atoms with Gasteiger partial charge in [0.25, 0.3) is 5.89 Å². The van der Waals surface area contributed by atoms with Gasteiger partial charge >= 0.3 is 0 Å². The number of aromatic hydroxyl groups is 2. The maximum absolute atomic E-state index is 9.77. The van der Waals surface area contributed by atoms with Gasteiger partial charge in [0.15, 0.2) is 0 Å². The molecule has 0 aliphatic rings. The first-order valence-electron chi connectivity index (χ1n) is 5.76. The summed E-state index contributed by atoms with van der Waals surface area (Å²) in [5.74, 6) is 0.517. The van der Waals surface area contributed by atoms with Crippen molar-refractivity contribution in [2.45, 2.75) is 0 Å². The second-order valence-electron chi connectivity index (χ2n) is 4.10. The van der Waals surface area contributed by atoms with E-state index in [1.54, 1.807) is 0 Å². The molecular weight excluding hydrogens is 324 g/mol. The molecule has 0 unspecified atom stereocenters. The van der Waals surface area contributed by atoms with Crippen LogP contribution in [0, 0.1) is 0 Å². The Balaban J connectivity index is 2.07. The van der Waals surface area contributed by atoms with Crippen LogP contribution in [0.4, 0.5) is 0 Å². The van der Waals surface area contributed by atoms with Gasteiger partial charge in [0.2, 0.25) is 5.82 Å². The van der Waals surface area contributed by atoms with Crippen molar-refractivity contribution in [3.63, 3.8) is 0 Å². The molecule has 2 N–H and O–H groups in total. The highest BCUT2D eigenvalue weighted by Gasteiger charge is 2.15. The van der Waals surface area contributed by atoms with Crippen molar-refractivity contribution in [2.75, 3.05) is 0 Å². The molecule has 0 atom stereocenters. The van der Waals surface area contributed by atoms with Gasteiger partial charge in [-0.15, -0.1) is 0 Å². The van der Waals surface area contributed by atoms with Crippen LogP contribution in [0.25, 0.3) is 22.8 Å². The maximum atomic E-state index is 9.77. The van der Waals surface area contributed by atoms with Crippen LogP contribution in [-0.4, -0.2) is 20.4 Å². The number of benzene rings is 2. The lowest BCUT2D eigenvalue weighted by Gasteiger charge is -1.99. The highest BCUT2D eigenvalue weighted by atomic mass is 79.9. The van der Waals surface area contributed by atoms with E-state index in [0.29, 0.717) is 5.82 Å². The van der Waals surface area contributed by atoms with Crippen molar-refractivity contribution in [2.24, 2.45) is 0 Å². The van der Waals surface area contributed by atoms with E-state index in [1.807, 2.05) is 24.3 Å². The lowest BCUT2D eigenvalue weighted by atomic mass is 10.2. The molecule has 0 saturated carbocycles. The van der Waals surface area contributed by atoms with Gasteiger partial charge in [0, 0.05) is 10.0 Å². The molecule has 5 nitrogen and oxygen atoms in total. The van der Waals surface area contributed by atoms with Crippen molar-refractivity contribution in [1.29, 1.82) is 0 Å². The summed E-state index contributed by atoms with van der Waals surface area (Å²) in [5, 5.41) is 23.1. The average molecular weight is 333 g/mol. The first-order valence-corrected chi connectivity index (χ1v) is 6.55. The minimum Gasteiger partial charge on any atom is -0.508 e. The molecule has 0 aliphatic carbocycles. The van der Waals surface area contributed by atoms with Gasteiger partial charge < -0.3 is 14.7 Å². The van der Waals surface area contributed by atoms with E-state index >= 15 is 0 Å². The van der Waals surface area contributed by atoms with Crippen LogP contribution in [0.1, 0.15) is 0 Å². The van der Waals surface area contributed by atoms with Crippen LogP contribution in [-0.2, 0) is 0 Å². The van der Waals surface area contributed by atoms with Crippen LogP contribution in [0.15, 0.2) is 51.5 Å². The van der Waals surface area contributed by atoms with Gasteiger partial charge in [0.1, 0.15) is 11.5 Å². The zero-order chi connectivity index (χ0) is 14.1. The van der Waals surface area contributed by atoms with Gasteiger partial charge in [-0.2, -0.15) is 4.98 Å². The SMILES string of the molecule is Oc1ccc(O)c(-c2nc(-c3ccccc3Br)no2)c1. The largest absolute Gasteiger partial charge is 0.508 e. The third-order valence-corrected chi connectivity index (χ3v) is 3.44. The number of phenols is 2. The summed E-state index contributed by atoms with van der Waals surface area (Å²) in [7, 11) is 0. The van der Waals surface area contributed by atoms with Gasteiger partial charge in [-0.3, -0.25) is 0 Å². The zero-order valence-corrected chi connectivity index (χ0v) is 11.7. The van der Waals surface area contributed by atoms with Crippen LogP contribution in [0.5, 0.6) is 11.5 Å². The van der Waals surface area contributed by atoms with E-state index in [0.717, 1.165) is 10.0 Å². The summed E-state index contributed by atoms with van der Waals surface area (Å²) in [5.41, 5.74) is 1.07. The molecule has 0 radical (unpaired) electrons. The molecule has 3 rings (SSSR count). The van der Waals surface area contributed by atoms with Gasteiger partial charge in [-0.05, 0) is 30.3 Å². The van der Waals surface area contributed by atoms with Crippen LogP contribution in [0.3, 0.4) is 0 Å². The molecule has 1 heterocycles. The smallest absolute Gasteiger partial charge is 0.262 e. The Morgan fingerprint density at radius 2 is 1.80 bits per heavy atom. The monoisotopic (exact) mass is 332 g/mol. The van der Waals surface area contributed by atoms with Crippen LogP contribution >= 0.6 is 15.9 Å². The Morgan fingerprint density at radius 3 is 2.60 bits per heavy atom. The molecule has 0 fully saturated rings. The fourth-order valence-corrected chi connectivity index (χ4v) is 2.24. The van der Waals surface area contributed by atoms with Gasteiger partial charge in [-0.1, -0.05) is 33.2 Å². The lowest BCUT2D eigenvalue weighted by Crippen LogP contribution is -1.83. The van der Waals surface area contributed by atoms with Crippen LogP contribution < -0.4 is 0 Å². The number of phenolic OH excluding ortho intramolecular Hbond substituents is 2. The molecule has 3 aromatic rings. The topological polar surface area (TPSA) is 79.4 Å². The Morgan fingerprint density at radius 1 is 1.00 bits per heavy atom. The van der Waals surface area contributed by atoms with E-state index in [2.05, 4.69) is 26.1 Å².